The van der Waals surface area contributed by atoms with Crippen molar-refractivity contribution in [3.8, 4) is 11.8 Å². The van der Waals surface area contributed by atoms with Crippen LogP contribution in [0.25, 0.3) is 0 Å². The van der Waals surface area contributed by atoms with Crippen molar-refractivity contribution in [2.24, 2.45) is 11.8 Å². The largest absolute Gasteiger partial charge is 0.378 e. The second-order valence-corrected chi connectivity index (χ2v) is 8.17. The highest BCUT2D eigenvalue weighted by atomic mass is 16.3. The number of aliphatic hydroxyl groups is 1. The zero-order valence-corrected chi connectivity index (χ0v) is 16.1. The van der Waals surface area contributed by atoms with Crippen molar-refractivity contribution < 1.29 is 14.7 Å². The lowest BCUT2D eigenvalue weighted by atomic mass is 9.97. The van der Waals surface area contributed by atoms with Crippen LogP contribution in [-0.4, -0.2) is 47.1 Å². The number of hydrogen-bond acceptors (Lipinski definition) is 3. The van der Waals surface area contributed by atoms with E-state index in [0.717, 1.165) is 38.8 Å². The van der Waals surface area contributed by atoms with Crippen LogP contribution in [0.3, 0.4) is 0 Å². The summed E-state index contributed by atoms with van der Waals surface area (Å²) < 4.78 is 0. The molecule has 2 amide bonds. The number of benzene rings is 1. The molecule has 27 heavy (non-hydrogen) atoms. The highest BCUT2D eigenvalue weighted by molar-refractivity contribution is 5.94. The first kappa shape index (κ1) is 19.4. The van der Waals surface area contributed by atoms with Crippen LogP contribution in [-0.2, 0) is 4.79 Å². The van der Waals surface area contributed by atoms with Gasteiger partial charge in [0.05, 0.1) is 0 Å². The minimum atomic E-state index is -1.07. The van der Waals surface area contributed by atoms with Gasteiger partial charge in [-0.1, -0.05) is 17.9 Å². The molecule has 0 spiro atoms. The van der Waals surface area contributed by atoms with E-state index in [-0.39, 0.29) is 11.8 Å². The minimum absolute atomic E-state index is 0.132. The monoisotopic (exact) mass is 368 g/mol. The zero-order chi connectivity index (χ0) is 19.4. The van der Waals surface area contributed by atoms with E-state index in [4.69, 9.17) is 0 Å². The summed E-state index contributed by atoms with van der Waals surface area (Å²) in [6, 6.07) is 7.10. The minimum Gasteiger partial charge on any atom is -0.378 e. The fourth-order valence-electron chi connectivity index (χ4n) is 3.32. The van der Waals surface area contributed by atoms with Crippen LogP contribution < -0.4 is 5.32 Å². The Morgan fingerprint density at radius 3 is 2.78 bits per heavy atom. The van der Waals surface area contributed by atoms with E-state index < -0.39 is 5.60 Å². The fourth-order valence-corrected chi connectivity index (χ4v) is 3.32. The molecule has 1 unspecified atom stereocenters. The molecule has 1 saturated carbocycles. The number of carbonyl (C=O) groups is 2. The van der Waals surface area contributed by atoms with Gasteiger partial charge in [-0.2, -0.15) is 0 Å². The van der Waals surface area contributed by atoms with Crippen molar-refractivity contribution in [1.82, 2.24) is 10.2 Å². The van der Waals surface area contributed by atoms with Crippen LogP contribution in [0, 0.1) is 23.7 Å². The van der Waals surface area contributed by atoms with Gasteiger partial charge in [0.2, 0.25) is 5.91 Å². The van der Waals surface area contributed by atoms with Gasteiger partial charge >= 0.3 is 0 Å². The van der Waals surface area contributed by atoms with Crippen molar-refractivity contribution in [2.75, 3.05) is 19.6 Å². The summed E-state index contributed by atoms with van der Waals surface area (Å²) in [6.45, 7) is 5.41. The molecule has 1 aromatic carbocycles. The highest BCUT2D eigenvalue weighted by Gasteiger charge is 2.35. The van der Waals surface area contributed by atoms with Crippen LogP contribution >= 0.6 is 0 Å². The Morgan fingerprint density at radius 2 is 2.07 bits per heavy atom. The lowest BCUT2D eigenvalue weighted by Crippen LogP contribution is -2.44. The number of nitrogens with zero attached hydrogens (tertiary/aromatic N) is 1. The number of rotatable bonds is 4. The highest BCUT2D eigenvalue weighted by Crippen LogP contribution is 2.32. The Morgan fingerprint density at radius 1 is 1.30 bits per heavy atom. The molecule has 1 aliphatic carbocycles. The van der Waals surface area contributed by atoms with Crippen LogP contribution in [0.1, 0.15) is 55.5 Å². The van der Waals surface area contributed by atoms with Gasteiger partial charge in [-0.15, -0.1) is 0 Å². The number of amides is 2. The van der Waals surface area contributed by atoms with Crippen LogP contribution in [0.2, 0.25) is 0 Å². The summed E-state index contributed by atoms with van der Waals surface area (Å²) in [7, 11) is 0. The molecule has 5 heteroatoms. The lowest BCUT2D eigenvalue weighted by molar-refractivity contribution is -0.134. The summed E-state index contributed by atoms with van der Waals surface area (Å²) in [5.41, 5.74) is 0.186. The van der Waals surface area contributed by atoms with Crippen LogP contribution in [0.4, 0.5) is 0 Å². The van der Waals surface area contributed by atoms with Crippen molar-refractivity contribution in [2.45, 2.75) is 45.1 Å². The molecule has 5 nitrogen and oxygen atoms in total. The van der Waals surface area contributed by atoms with Gasteiger partial charge in [-0.25, -0.2) is 0 Å². The summed E-state index contributed by atoms with van der Waals surface area (Å²) in [5, 5.41) is 12.7. The number of piperidine rings is 1. The Kier molecular flexibility index (Phi) is 5.86. The first-order valence-corrected chi connectivity index (χ1v) is 9.74. The second kappa shape index (κ2) is 8.14. The predicted octanol–water partition coefficient (Wildman–Crippen LogP) is 2.19. The number of nitrogens with one attached hydrogen (secondary N) is 1. The molecular weight excluding hydrogens is 340 g/mol. The molecular formula is C22H28N2O3. The Bertz CT molecular complexity index is 766. The van der Waals surface area contributed by atoms with Gasteiger partial charge in [-0.3, -0.25) is 9.59 Å². The molecule has 3 rings (SSSR count). The molecule has 144 valence electrons. The second-order valence-electron chi connectivity index (χ2n) is 8.17. The first-order chi connectivity index (χ1) is 12.8. The molecule has 2 aliphatic rings. The molecule has 1 atom stereocenters. The molecule has 0 bridgehead atoms. The van der Waals surface area contributed by atoms with E-state index in [1.807, 2.05) is 11.0 Å². The van der Waals surface area contributed by atoms with E-state index in [1.54, 1.807) is 32.0 Å². The van der Waals surface area contributed by atoms with Gasteiger partial charge in [-0.05, 0) is 63.6 Å². The summed E-state index contributed by atoms with van der Waals surface area (Å²) >= 11 is 0. The maximum atomic E-state index is 12.5. The van der Waals surface area contributed by atoms with E-state index >= 15 is 0 Å². The quantitative estimate of drug-likeness (QED) is 0.801. The number of carbonyl (C=O) groups excluding carboxylic acids is 2. The fraction of sp³-hybridized carbons (Fsp3) is 0.545. The standard InChI is InChI=1S/C22H28N2O3/c1-22(2,27)11-10-16-5-3-7-19(13-16)20(25)23-14-17-6-4-12-24(15-17)21(26)18-8-9-18/h3,5,7,13,17-18,27H,4,6,8-9,12,14-15H2,1-2H3,(H,23,25). The van der Waals surface area contributed by atoms with Crippen molar-refractivity contribution >= 4 is 11.8 Å². The van der Waals surface area contributed by atoms with Gasteiger partial charge < -0.3 is 15.3 Å². The molecule has 0 radical (unpaired) electrons. The average Bonchev–Trinajstić information content (AvgIpc) is 3.49. The normalized spacial score (nSPS) is 19.8. The van der Waals surface area contributed by atoms with Crippen molar-refractivity contribution in [3.05, 3.63) is 35.4 Å². The first-order valence-electron chi connectivity index (χ1n) is 9.74. The van der Waals surface area contributed by atoms with Gasteiger partial charge in [0.15, 0.2) is 0 Å². The molecule has 1 heterocycles. The van der Waals surface area contributed by atoms with Gasteiger partial charge in [0.25, 0.3) is 5.91 Å². The topological polar surface area (TPSA) is 69.6 Å². The summed E-state index contributed by atoms with van der Waals surface area (Å²) in [5.74, 6) is 6.38. The van der Waals surface area contributed by atoms with E-state index in [1.165, 1.54) is 0 Å². The third kappa shape index (κ3) is 5.83. The van der Waals surface area contributed by atoms with E-state index in [2.05, 4.69) is 17.2 Å². The zero-order valence-electron chi connectivity index (χ0n) is 16.1. The molecule has 1 aromatic rings. The Balaban J connectivity index is 1.54. The molecule has 1 aliphatic heterocycles. The van der Waals surface area contributed by atoms with Crippen molar-refractivity contribution in [3.63, 3.8) is 0 Å². The predicted molar refractivity (Wildman–Crippen MR) is 104 cm³/mol. The maximum Gasteiger partial charge on any atom is 0.251 e. The van der Waals surface area contributed by atoms with Gasteiger partial charge in [0.1, 0.15) is 5.60 Å². The van der Waals surface area contributed by atoms with E-state index in [9.17, 15) is 14.7 Å². The summed E-state index contributed by atoms with van der Waals surface area (Å²) in [4.78, 5) is 26.7. The smallest absolute Gasteiger partial charge is 0.251 e. The van der Waals surface area contributed by atoms with Crippen molar-refractivity contribution in [1.29, 1.82) is 0 Å². The third-order valence-corrected chi connectivity index (χ3v) is 4.95. The Hall–Kier alpha value is -2.32. The SMILES string of the molecule is CC(C)(O)C#Cc1cccc(C(=O)NCC2CCCN(C(=O)C3CC3)C2)c1. The average molecular weight is 368 g/mol. The molecule has 2 fully saturated rings. The van der Waals surface area contributed by atoms with Crippen LogP contribution in [0.5, 0.6) is 0 Å². The molecule has 2 N–H and O–H groups in total. The number of hydrogen-bond donors (Lipinski definition) is 2. The molecule has 1 saturated heterocycles. The van der Waals surface area contributed by atoms with Gasteiger partial charge in [0, 0.05) is 36.7 Å². The van der Waals surface area contributed by atoms with Crippen LogP contribution in [0.15, 0.2) is 24.3 Å². The third-order valence-electron chi connectivity index (χ3n) is 4.95. The number of likely N-dealkylation sites (tertiary alicyclic amines) is 1. The summed E-state index contributed by atoms with van der Waals surface area (Å²) in [6.07, 6.45) is 4.10. The molecule has 0 aromatic heterocycles. The lowest BCUT2D eigenvalue weighted by Gasteiger charge is -2.33. The van der Waals surface area contributed by atoms with E-state index in [0.29, 0.717) is 29.5 Å². The Labute approximate surface area is 161 Å². The maximum absolute atomic E-state index is 12.5.